The van der Waals surface area contributed by atoms with Gasteiger partial charge in [0.05, 0.1) is 12.1 Å². The van der Waals surface area contributed by atoms with Crippen LogP contribution in [0, 0.1) is 11.7 Å². The van der Waals surface area contributed by atoms with Crippen molar-refractivity contribution >= 4 is 11.7 Å². The Labute approximate surface area is 187 Å². The first kappa shape index (κ1) is 22.7. The molecule has 1 fully saturated rings. The van der Waals surface area contributed by atoms with Crippen LogP contribution in [0.5, 0.6) is 0 Å². The lowest BCUT2D eigenvalue weighted by Crippen LogP contribution is -2.48. The average Bonchev–Trinajstić information content (AvgIpc) is 3.19. The molecule has 0 radical (unpaired) electrons. The van der Waals surface area contributed by atoms with Crippen molar-refractivity contribution in [3.8, 4) is 0 Å². The Bertz CT molecular complexity index is 968. The Balaban J connectivity index is 1.49. The summed E-state index contributed by atoms with van der Waals surface area (Å²) < 4.78 is 43.3. The van der Waals surface area contributed by atoms with Gasteiger partial charge in [0.25, 0.3) is 6.43 Å². The quantitative estimate of drug-likeness (QED) is 0.732. The molecule has 174 valence electrons. The number of carbonyl (C=O) groups excluding carboxylic acids is 1. The number of rotatable bonds is 4. The normalized spacial score (nSPS) is 23.7. The SMILES string of the molecule is CC(C)(C)c1cc2n(n1)[C@@H](C(F)F)C[C@@H]([C@@H]1CCCN(C(=O)Cc3ccccc3F)C1)N2. The maximum absolute atomic E-state index is 14.0. The molecular weight excluding hydrogens is 417 g/mol. The lowest BCUT2D eigenvalue weighted by molar-refractivity contribution is -0.132. The molecule has 8 heteroatoms. The second-order valence-electron chi connectivity index (χ2n) is 10.0. The number of hydrogen-bond acceptors (Lipinski definition) is 3. The van der Waals surface area contributed by atoms with Gasteiger partial charge in [-0.05, 0) is 36.8 Å². The maximum Gasteiger partial charge on any atom is 0.260 e. The molecule has 1 N–H and O–H groups in total. The lowest BCUT2D eigenvalue weighted by atomic mass is 9.85. The first-order valence-electron chi connectivity index (χ1n) is 11.3. The van der Waals surface area contributed by atoms with E-state index in [1.165, 1.54) is 10.7 Å². The molecule has 1 aromatic heterocycles. The number of piperidine rings is 1. The third-order valence-corrected chi connectivity index (χ3v) is 6.62. The Morgan fingerprint density at radius 2 is 2.03 bits per heavy atom. The molecule has 0 spiro atoms. The molecule has 32 heavy (non-hydrogen) atoms. The van der Waals surface area contributed by atoms with Crippen molar-refractivity contribution in [2.24, 2.45) is 5.92 Å². The summed E-state index contributed by atoms with van der Waals surface area (Å²) in [5.74, 6) is 0.162. The zero-order chi connectivity index (χ0) is 23.0. The van der Waals surface area contributed by atoms with Gasteiger partial charge in [-0.3, -0.25) is 4.79 Å². The molecule has 2 aliphatic rings. The van der Waals surface area contributed by atoms with Crippen LogP contribution in [0.1, 0.15) is 57.3 Å². The largest absolute Gasteiger partial charge is 0.367 e. The second kappa shape index (κ2) is 8.79. The van der Waals surface area contributed by atoms with Crippen LogP contribution in [0.2, 0.25) is 0 Å². The van der Waals surface area contributed by atoms with E-state index in [-0.39, 0.29) is 41.9 Å². The first-order chi connectivity index (χ1) is 15.1. The standard InChI is InChI=1S/C24H31F3N4O/c1-24(2,3)20-13-21-28-18(12-19(23(26)27)31(21)29-20)16-8-6-10-30(14-16)22(32)11-15-7-4-5-9-17(15)25/h4-5,7,9,13,16,18-19,23,28H,6,8,10-12,14H2,1-3H3/t16-,18+,19-/m1/s1. The number of benzene rings is 1. The van der Waals surface area contributed by atoms with Gasteiger partial charge < -0.3 is 10.2 Å². The average molecular weight is 449 g/mol. The number of halogens is 3. The van der Waals surface area contributed by atoms with Gasteiger partial charge >= 0.3 is 0 Å². The van der Waals surface area contributed by atoms with Crippen molar-refractivity contribution in [2.45, 2.75) is 70.4 Å². The summed E-state index contributed by atoms with van der Waals surface area (Å²) >= 11 is 0. The van der Waals surface area contributed by atoms with Gasteiger partial charge in [-0.25, -0.2) is 17.9 Å². The van der Waals surface area contributed by atoms with Crippen LogP contribution in [0.4, 0.5) is 19.0 Å². The van der Waals surface area contributed by atoms with Crippen molar-refractivity contribution < 1.29 is 18.0 Å². The molecule has 0 bridgehead atoms. The van der Waals surface area contributed by atoms with Gasteiger partial charge in [0.2, 0.25) is 5.91 Å². The third kappa shape index (κ3) is 4.64. The van der Waals surface area contributed by atoms with Gasteiger partial charge in [0.1, 0.15) is 17.7 Å². The van der Waals surface area contributed by atoms with E-state index in [1.807, 2.05) is 26.8 Å². The number of carbonyl (C=O) groups is 1. The predicted octanol–water partition coefficient (Wildman–Crippen LogP) is 4.79. The number of nitrogens with zero attached hydrogens (tertiary/aromatic N) is 3. The molecule has 0 unspecified atom stereocenters. The summed E-state index contributed by atoms with van der Waals surface area (Å²) in [6.45, 7) is 7.13. The molecule has 1 amide bonds. The molecule has 4 rings (SSSR count). The lowest BCUT2D eigenvalue weighted by Gasteiger charge is -2.41. The monoisotopic (exact) mass is 448 g/mol. The summed E-state index contributed by atoms with van der Waals surface area (Å²) in [4.78, 5) is 14.6. The summed E-state index contributed by atoms with van der Waals surface area (Å²) in [5, 5.41) is 7.91. The summed E-state index contributed by atoms with van der Waals surface area (Å²) in [5.41, 5.74) is 0.915. The minimum atomic E-state index is -2.52. The highest BCUT2D eigenvalue weighted by Gasteiger charge is 2.39. The molecule has 1 saturated heterocycles. The van der Waals surface area contributed by atoms with E-state index in [9.17, 15) is 18.0 Å². The number of alkyl halides is 2. The van der Waals surface area contributed by atoms with Gasteiger partial charge in [-0.1, -0.05) is 39.0 Å². The summed E-state index contributed by atoms with van der Waals surface area (Å²) in [6, 6.07) is 7.00. The number of nitrogens with one attached hydrogen (secondary N) is 1. The van der Waals surface area contributed by atoms with Gasteiger partial charge in [0, 0.05) is 30.6 Å². The van der Waals surface area contributed by atoms with Crippen LogP contribution in [-0.2, 0) is 16.6 Å². The zero-order valence-corrected chi connectivity index (χ0v) is 18.8. The number of amides is 1. The molecule has 2 aromatic rings. The Morgan fingerprint density at radius 1 is 1.28 bits per heavy atom. The molecule has 3 heterocycles. The van der Waals surface area contributed by atoms with Crippen molar-refractivity contribution in [3.63, 3.8) is 0 Å². The first-order valence-corrected chi connectivity index (χ1v) is 11.3. The fourth-order valence-corrected chi connectivity index (χ4v) is 4.73. The van der Waals surface area contributed by atoms with E-state index in [4.69, 9.17) is 0 Å². The Hall–Kier alpha value is -2.51. The molecular formula is C24H31F3N4O. The fourth-order valence-electron chi connectivity index (χ4n) is 4.73. The van der Waals surface area contributed by atoms with E-state index >= 15 is 0 Å². The highest BCUT2D eigenvalue weighted by atomic mass is 19.3. The zero-order valence-electron chi connectivity index (χ0n) is 18.8. The number of fused-ring (bicyclic) bond motifs is 1. The number of anilines is 1. The maximum atomic E-state index is 14.0. The molecule has 3 atom stereocenters. The third-order valence-electron chi connectivity index (χ3n) is 6.62. The van der Waals surface area contributed by atoms with E-state index in [0.29, 0.717) is 24.5 Å². The fraction of sp³-hybridized carbons (Fsp3) is 0.583. The minimum Gasteiger partial charge on any atom is -0.367 e. The molecule has 2 aliphatic heterocycles. The molecule has 5 nitrogen and oxygen atoms in total. The predicted molar refractivity (Wildman–Crippen MR) is 117 cm³/mol. The second-order valence-corrected chi connectivity index (χ2v) is 10.0. The van der Waals surface area contributed by atoms with E-state index in [0.717, 1.165) is 18.5 Å². The number of aromatic nitrogens is 2. The Morgan fingerprint density at radius 3 is 2.72 bits per heavy atom. The van der Waals surface area contributed by atoms with Crippen LogP contribution in [0.25, 0.3) is 0 Å². The van der Waals surface area contributed by atoms with E-state index in [2.05, 4.69) is 10.4 Å². The van der Waals surface area contributed by atoms with Gasteiger partial charge in [0.15, 0.2) is 0 Å². The van der Waals surface area contributed by atoms with Crippen LogP contribution in [-0.4, -0.2) is 46.1 Å². The molecule has 1 aromatic carbocycles. The molecule has 0 saturated carbocycles. The highest BCUT2D eigenvalue weighted by molar-refractivity contribution is 5.79. The van der Waals surface area contributed by atoms with Crippen LogP contribution in [0.3, 0.4) is 0 Å². The van der Waals surface area contributed by atoms with Gasteiger partial charge in [-0.2, -0.15) is 5.10 Å². The molecule has 0 aliphatic carbocycles. The highest BCUT2D eigenvalue weighted by Crippen LogP contribution is 2.38. The summed E-state index contributed by atoms with van der Waals surface area (Å²) in [7, 11) is 0. The topological polar surface area (TPSA) is 50.2 Å². The van der Waals surface area contributed by atoms with Crippen molar-refractivity contribution in [2.75, 3.05) is 18.4 Å². The number of likely N-dealkylation sites (tertiary alicyclic amines) is 1. The van der Waals surface area contributed by atoms with E-state index < -0.39 is 12.5 Å². The number of hydrogen-bond donors (Lipinski definition) is 1. The summed E-state index contributed by atoms with van der Waals surface area (Å²) in [6.07, 6.45) is -0.586. The smallest absolute Gasteiger partial charge is 0.260 e. The van der Waals surface area contributed by atoms with Crippen LogP contribution < -0.4 is 5.32 Å². The van der Waals surface area contributed by atoms with Crippen LogP contribution >= 0.6 is 0 Å². The van der Waals surface area contributed by atoms with Crippen molar-refractivity contribution in [3.05, 3.63) is 47.4 Å². The Kier molecular flexibility index (Phi) is 6.23. The van der Waals surface area contributed by atoms with Crippen LogP contribution in [0.15, 0.2) is 30.3 Å². The minimum absolute atomic E-state index is 0.0128. The van der Waals surface area contributed by atoms with Gasteiger partial charge in [-0.15, -0.1) is 0 Å². The van der Waals surface area contributed by atoms with E-state index in [1.54, 1.807) is 23.1 Å². The van der Waals surface area contributed by atoms with Crippen molar-refractivity contribution in [1.82, 2.24) is 14.7 Å². The van der Waals surface area contributed by atoms with Crippen molar-refractivity contribution in [1.29, 1.82) is 0 Å².